The number of furan rings is 1. The van der Waals surface area contributed by atoms with E-state index in [-0.39, 0.29) is 23.6 Å². The Morgan fingerprint density at radius 3 is 2.79 bits per heavy atom. The third kappa shape index (κ3) is 3.55. The van der Waals surface area contributed by atoms with Crippen LogP contribution in [0.1, 0.15) is 41.1 Å². The molecule has 0 saturated heterocycles. The third-order valence-corrected chi connectivity index (χ3v) is 4.44. The first kappa shape index (κ1) is 17.7. The van der Waals surface area contributed by atoms with E-state index in [2.05, 4.69) is 15.4 Å². The zero-order chi connectivity index (χ0) is 19.5. The Balaban J connectivity index is 1.70. The molecule has 2 aromatic heterocycles. The van der Waals surface area contributed by atoms with E-state index >= 15 is 0 Å². The summed E-state index contributed by atoms with van der Waals surface area (Å²) in [6.45, 7) is 1.46. The van der Waals surface area contributed by atoms with Gasteiger partial charge in [0.1, 0.15) is 0 Å². The highest BCUT2D eigenvalue weighted by Crippen LogP contribution is 2.34. The number of aromatic nitrogens is 1. The number of amides is 2. The monoisotopic (exact) mass is 374 g/mol. The van der Waals surface area contributed by atoms with Crippen LogP contribution in [0.5, 0.6) is 0 Å². The number of rotatable bonds is 4. The zero-order valence-electron chi connectivity index (χ0n) is 15.2. The highest BCUT2D eigenvalue weighted by molar-refractivity contribution is 6.05. The minimum atomic E-state index is -0.313. The van der Waals surface area contributed by atoms with Gasteiger partial charge in [-0.1, -0.05) is 18.2 Å². The first-order valence-corrected chi connectivity index (χ1v) is 8.84. The molecule has 140 valence electrons. The molecule has 3 heterocycles. The van der Waals surface area contributed by atoms with Crippen LogP contribution < -0.4 is 5.32 Å². The van der Waals surface area contributed by atoms with Gasteiger partial charge in [-0.25, -0.2) is 5.01 Å². The van der Waals surface area contributed by atoms with Crippen LogP contribution in [0.15, 0.2) is 76.7 Å². The minimum Gasteiger partial charge on any atom is -0.459 e. The molecule has 1 unspecified atom stereocenters. The van der Waals surface area contributed by atoms with Crippen LogP contribution in [0.4, 0.5) is 5.69 Å². The largest absolute Gasteiger partial charge is 0.459 e. The summed E-state index contributed by atoms with van der Waals surface area (Å²) in [6, 6.07) is 14.2. The number of nitrogens with zero attached hydrogens (tertiary/aromatic N) is 3. The van der Waals surface area contributed by atoms with Gasteiger partial charge in [0.05, 0.1) is 18.0 Å². The molecule has 4 rings (SSSR count). The van der Waals surface area contributed by atoms with Gasteiger partial charge < -0.3 is 9.73 Å². The highest BCUT2D eigenvalue weighted by atomic mass is 16.3. The maximum atomic E-state index is 12.9. The lowest BCUT2D eigenvalue weighted by molar-refractivity contribution is -0.114. The van der Waals surface area contributed by atoms with Crippen LogP contribution in [-0.4, -0.2) is 27.5 Å². The van der Waals surface area contributed by atoms with Gasteiger partial charge in [0.25, 0.3) is 0 Å². The van der Waals surface area contributed by atoms with E-state index in [0.29, 0.717) is 12.1 Å². The molecule has 1 atom stereocenters. The molecule has 0 bridgehead atoms. The number of benzene rings is 1. The topological polar surface area (TPSA) is 87.8 Å². The summed E-state index contributed by atoms with van der Waals surface area (Å²) in [4.78, 5) is 28.4. The Hall–Kier alpha value is -3.74. The molecule has 7 heteroatoms. The zero-order valence-corrected chi connectivity index (χ0v) is 15.2. The van der Waals surface area contributed by atoms with Gasteiger partial charge in [0, 0.05) is 31.4 Å². The van der Waals surface area contributed by atoms with Crippen LogP contribution in [0, 0.1) is 0 Å². The number of pyridine rings is 1. The molecule has 1 aliphatic rings. The number of nitrogens with one attached hydrogen (secondary N) is 1. The Morgan fingerprint density at radius 1 is 1.18 bits per heavy atom. The summed E-state index contributed by atoms with van der Waals surface area (Å²) >= 11 is 0. The maximum absolute atomic E-state index is 12.9. The summed E-state index contributed by atoms with van der Waals surface area (Å²) in [5, 5.41) is 8.80. The number of carbonyl (C=O) groups is 2. The van der Waals surface area contributed by atoms with E-state index in [0.717, 1.165) is 16.8 Å². The summed E-state index contributed by atoms with van der Waals surface area (Å²) in [5.74, 6) is -0.230. The summed E-state index contributed by atoms with van der Waals surface area (Å²) in [6.07, 6.45) is 5.42. The van der Waals surface area contributed by atoms with Crippen molar-refractivity contribution in [3.8, 4) is 0 Å². The Labute approximate surface area is 161 Å². The van der Waals surface area contributed by atoms with Crippen molar-refractivity contribution in [2.24, 2.45) is 5.10 Å². The van der Waals surface area contributed by atoms with E-state index < -0.39 is 0 Å². The summed E-state index contributed by atoms with van der Waals surface area (Å²) < 4.78 is 5.27. The Bertz CT molecular complexity index is 1030. The second kappa shape index (κ2) is 7.48. The predicted octanol–water partition coefficient (Wildman–Crippen LogP) is 3.62. The van der Waals surface area contributed by atoms with Gasteiger partial charge in [-0.2, -0.15) is 5.10 Å². The van der Waals surface area contributed by atoms with Crippen LogP contribution >= 0.6 is 0 Å². The quantitative estimate of drug-likeness (QED) is 0.755. The van der Waals surface area contributed by atoms with E-state index in [1.807, 2.05) is 36.4 Å². The van der Waals surface area contributed by atoms with Crippen LogP contribution in [0.2, 0.25) is 0 Å². The predicted molar refractivity (Wildman–Crippen MR) is 104 cm³/mol. The summed E-state index contributed by atoms with van der Waals surface area (Å²) in [7, 11) is 0. The van der Waals surface area contributed by atoms with E-state index in [4.69, 9.17) is 4.42 Å². The van der Waals surface area contributed by atoms with Gasteiger partial charge in [-0.05, 0) is 41.5 Å². The molecule has 1 aromatic carbocycles. The first-order chi connectivity index (χ1) is 13.6. The van der Waals surface area contributed by atoms with Gasteiger partial charge in [0.15, 0.2) is 5.76 Å². The molecule has 1 aliphatic heterocycles. The number of hydrogen-bond acceptors (Lipinski definition) is 5. The van der Waals surface area contributed by atoms with Crippen molar-refractivity contribution in [3.05, 3.63) is 84.1 Å². The van der Waals surface area contributed by atoms with Crippen LogP contribution in [0.3, 0.4) is 0 Å². The number of hydrogen-bond donors (Lipinski definition) is 1. The molecule has 1 N–H and O–H groups in total. The van der Waals surface area contributed by atoms with Crippen LogP contribution in [-0.2, 0) is 4.79 Å². The molecular weight excluding hydrogens is 356 g/mol. The smallest absolute Gasteiger partial charge is 0.310 e. The van der Waals surface area contributed by atoms with Gasteiger partial charge in [-0.3, -0.25) is 14.6 Å². The average Bonchev–Trinajstić information content (AvgIpc) is 3.38. The highest BCUT2D eigenvalue weighted by Gasteiger charge is 2.34. The van der Waals surface area contributed by atoms with Crippen molar-refractivity contribution < 1.29 is 14.0 Å². The van der Waals surface area contributed by atoms with E-state index in [1.165, 1.54) is 18.2 Å². The lowest BCUT2D eigenvalue weighted by atomic mass is 9.99. The molecule has 3 aromatic rings. The van der Waals surface area contributed by atoms with Crippen molar-refractivity contribution in [1.82, 2.24) is 9.99 Å². The molecule has 7 nitrogen and oxygen atoms in total. The minimum absolute atomic E-state index is 0.145. The van der Waals surface area contributed by atoms with Gasteiger partial charge >= 0.3 is 5.91 Å². The fourth-order valence-electron chi connectivity index (χ4n) is 3.20. The number of hydrazone groups is 1. The number of anilines is 1. The summed E-state index contributed by atoms with van der Waals surface area (Å²) in [5.41, 5.74) is 3.16. The van der Waals surface area contributed by atoms with Gasteiger partial charge in [-0.15, -0.1) is 0 Å². The number of carbonyl (C=O) groups excluding carboxylic acids is 2. The second-order valence-corrected chi connectivity index (χ2v) is 6.44. The molecular formula is C21H18N4O3. The lowest BCUT2D eigenvalue weighted by Gasteiger charge is -2.20. The van der Waals surface area contributed by atoms with E-state index in [9.17, 15) is 9.59 Å². The molecule has 0 saturated carbocycles. The second-order valence-electron chi connectivity index (χ2n) is 6.44. The fraction of sp³-hybridized carbons (Fsp3) is 0.143. The molecule has 28 heavy (non-hydrogen) atoms. The molecule has 0 spiro atoms. The van der Waals surface area contributed by atoms with Crippen molar-refractivity contribution in [3.63, 3.8) is 0 Å². The van der Waals surface area contributed by atoms with Crippen LogP contribution in [0.25, 0.3) is 0 Å². The van der Waals surface area contributed by atoms with Crippen molar-refractivity contribution in [2.45, 2.75) is 19.4 Å². The Kier molecular flexibility index (Phi) is 4.72. The Morgan fingerprint density at radius 2 is 2.07 bits per heavy atom. The lowest BCUT2D eigenvalue weighted by Crippen LogP contribution is -2.26. The van der Waals surface area contributed by atoms with E-state index in [1.54, 1.807) is 24.5 Å². The maximum Gasteiger partial charge on any atom is 0.310 e. The molecule has 0 aliphatic carbocycles. The fourth-order valence-corrected chi connectivity index (χ4v) is 3.20. The van der Waals surface area contributed by atoms with Crippen molar-refractivity contribution in [2.75, 3.05) is 5.32 Å². The van der Waals surface area contributed by atoms with Gasteiger partial charge in [0.2, 0.25) is 5.91 Å². The average molecular weight is 374 g/mol. The molecule has 0 radical (unpaired) electrons. The SMILES string of the molecule is CC(=O)Nc1cccc(C2=NN(C(=O)c3ccco3)C(c3cccnc3)C2)c1. The third-order valence-electron chi connectivity index (χ3n) is 4.44. The molecule has 2 amide bonds. The van der Waals surface area contributed by atoms with Crippen molar-refractivity contribution >= 4 is 23.2 Å². The van der Waals surface area contributed by atoms with Crippen molar-refractivity contribution in [1.29, 1.82) is 0 Å². The normalized spacial score (nSPS) is 16.0. The standard InChI is InChI=1S/C21H18N4O3/c1-14(26)23-17-7-2-5-15(11-17)18-12-19(16-6-3-9-22-13-16)25(24-18)21(27)20-8-4-10-28-20/h2-11,13,19H,12H2,1H3,(H,23,26). The first-order valence-electron chi connectivity index (χ1n) is 8.84. The molecule has 0 fully saturated rings.